The lowest BCUT2D eigenvalue weighted by atomic mass is 10.00. The summed E-state index contributed by atoms with van der Waals surface area (Å²) in [6.07, 6.45) is 7.72. The molecule has 0 saturated carbocycles. The molecule has 138 valence electrons. The van der Waals surface area contributed by atoms with Gasteiger partial charge in [0.15, 0.2) is 6.29 Å². The van der Waals surface area contributed by atoms with E-state index in [2.05, 4.69) is 6.92 Å². The third-order valence-electron chi connectivity index (χ3n) is 4.59. The molecule has 5 nitrogen and oxygen atoms in total. The van der Waals surface area contributed by atoms with Crippen molar-refractivity contribution in [3.63, 3.8) is 0 Å². The van der Waals surface area contributed by atoms with Crippen LogP contribution in [0.4, 0.5) is 0 Å². The van der Waals surface area contributed by atoms with E-state index in [-0.39, 0.29) is 0 Å². The van der Waals surface area contributed by atoms with Crippen molar-refractivity contribution in [1.29, 1.82) is 0 Å². The summed E-state index contributed by atoms with van der Waals surface area (Å²) in [7, 11) is 0. The van der Waals surface area contributed by atoms with Crippen LogP contribution in [0.25, 0.3) is 0 Å². The topological polar surface area (TPSA) is 79.2 Å². The highest BCUT2D eigenvalue weighted by Gasteiger charge is 2.42. The zero-order valence-corrected chi connectivity index (χ0v) is 14.8. The van der Waals surface area contributed by atoms with Gasteiger partial charge in [-0.1, -0.05) is 64.7 Å². The van der Waals surface area contributed by atoms with Gasteiger partial charge in [0.1, 0.15) is 18.3 Å². The van der Waals surface area contributed by atoms with Crippen molar-refractivity contribution in [1.82, 2.24) is 0 Å². The molecular weight excluding hydrogens is 296 g/mol. The third kappa shape index (κ3) is 7.94. The summed E-state index contributed by atoms with van der Waals surface area (Å²) >= 11 is 0. The third-order valence-corrected chi connectivity index (χ3v) is 4.59. The van der Waals surface area contributed by atoms with Crippen LogP contribution < -0.4 is 0 Å². The average molecular weight is 332 g/mol. The fraction of sp³-hybridized carbons (Fsp3) is 1.00. The van der Waals surface area contributed by atoms with Crippen LogP contribution in [-0.2, 0) is 9.47 Å². The van der Waals surface area contributed by atoms with E-state index < -0.39 is 30.7 Å². The number of unbranched alkanes of at least 4 members (excludes halogenated alkanes) is 9. The molecule has 5 heteroatoms. The molecule has 23 heavy (non-hydrogen) atoms. The van der Waals surface area contributed by atoms with Gasteiger partial charge in [0, 0.05) is 6.61 Å². The van der Waals surface area contributed by atoms with E-state index in [1.54, 1.807) is 6.92 Å². The minimum Gasteiger partial charge on any atom is -0.388 e. The van der Waals surface area contributed by atoms with Crippen LogP contribution in [-0.4, -0.2) is 52.6 Å². The molecule has 0 spiro atoms. The lowest BCUT2D eigenvalue weighted by Crippen LogP contribution is -2.57. The van der Waals surface area contributed by atoms with Gasteiger partial charge < -0.3 is 24.8 Å². The smallest absolute Gasteiger partial charge is 0.186 e. The minimum atomic E-state index is -1.21. The number of ether oxygens (including phenoxy) is 2. The first-order valence-electron chi connectivity index (χ1n) is 9.39. The molecule has 1 rings (SSSR count). The second-order valence-electron chi connectivity index (χ2n) is 6.73. The fourth-order valence-corrected chi connectivity index (χ4v) is 2.94. The van der Waals surface area contributed by atoms with Gasteiger partial charge in [-0.25, -0.2) is 0 Å². The Morgan fingerprint density at radius 2 is 1.26 bits per heavy atom. The molecule has 3 N–H and O–H groups in total. The van der Waals surface area contributed by atoms with Crippen LogP contribution in [0.2, 0.25) is 0 Å². The number of aliphatic hydroxyl groups excluding tert-OH is 3. The summed E-state index contributed by atoms with van der Waals surface area (Å²) in [6.45, 7) is 4.41. The van der Waals surface area contributed by atoms with E-state index in [0.717, 1.165) is 12.8 Å². The molecule has 0 aromatic carbocycles. The van der Waals surface area contributed by atoms with Crippen molar-refractivity contribution in [2.45, 2.75) is 109 Å². The van der Waals surface area contributed by atoms with Gasteiger partial charge >= 0.3 is 0 Å². The molecule has 5 atom stereocenters. The van der Waals surface area contributed by atoms with Crippen molar-refractivity contribution < 1.29 is 24.8 Å². The Hall–Kier alpha value is -0.200. The van der Waals surface area contributed by atoms with Crippen LogP contribution in [0.5, 0.6) is 0 Å². The number of hydrogen-bond acceptors (Lipinski definition) is 5. The van der Waals surface area contributed by atoms with E-state index in [4.69, 9.17) is 9.47 Å². The maximum Gasteiger partial charge on any atom is 0.186 e. The first kappa shape index (κ1) is 20.8. The van der Waals surface area contributed by atoms with Gasteiger partial charge in [-0.05, 0) is 13.3 Å². The normalized spacial score (nSPS) is 31.4. The lowest BCUT2D eigenvalue weighted by Gasteiger charge is -2.38. The average Bonchev–Trinajstić information content (AvgIpc) is 2.55. The van der Waals surface area contributed by atoms with E-state index in [1.807, 2.05) is 0 Å². The molecule has 1 saturated heterocycles. The molecule has 0 radical (unpaired) electrons. The molecule has 1 aliphatic heterocycles. The highest BCUT2D eigenvalue weighted by Crippen LogP contribution is 2.22. The second kappa shape index (κ2) is 12.2. The summed E-state index contributed by atoms with van der Waals surface area (Å²) < 4.78 is 10.9. The quantitative estimate of drug-likeness (QED) is 0.479. The Labute approximate surface area is 141 Å². The molecule has 0 aliphatic carbocycles. The molecule has 1 fully saturated rings. The number of rotatable bonds is 12. The maximum atomic E-state index is 9.83. The molecule has 0 amide bonds. The van der Waals surface area contributed by atoms with Crippen LogP contribution in [0.15, 0.2) is 0 Å². The highest BCUT2D eigenvalue weighted by atomic mass is 16.7. The van der Waals surface area contributed by atoms with Crippen LogP contribution >= 0.6 is 0 Å². The molecule has 0 aromatic heterocycles. The lowest BCUT2D eigenvalue weighted by molar-refractivity contribution is -0.293. The van der Waals surface area contributed by atoms with Gasteiger partial charge in [-0.15, -0.1) is 0 Å². The van der Waals surface area contributed by atoms with Crippen LogP contribution in [0, 0.1) is 0 Å². The molecule has 0 bridgehead atoms. The zero-order chi connectivity index (χ0) is 17.1. The largest absolute Gasteiger partial charge is 0.388 e. The van der Waals surface area contributed by atoms with E-state index in [9.17, 15) is 15.3 Å². The summed E-state index contributed by atoms with van der Waals surface area (Å²) in [5.41, 5.74) is 0. The predicted molar refractivity (Wildman–Crippen MR) is 90.2 cm³/mol. The van der Waals surface area contributed by atoms with Crippen molar-refractivity contribution >= 4 is 0 Å². The summed E-state index contributed by atoms with van der Waals surface area (Å²) in [5.74, 6) is 0. The van der Waals surface area contributed by atoms with Gasteiger partial charge in [-0.3, -0.25) is 0 Å². The Balaban J connectivity index is 1.96. The van der Waals surface area contributed by atoms with Crippen LogP contribution in [0.1, 0.15) is 78.1 Å². The van der Waals surface area contributed by atoms with Crippen molar-refractivity contribution in [2.75, 3.05) is 6.61 Å². The Morgan fingerprint density at radius 1 is 0.739 bits per heavy atom. The number of aliphatic hydroxyl groups is 3. The second-order valence-corrected chi connectivity index (χ2v) is 6.73. The molecule has 1 heterocycles. The van der Waals surface area contributed by atoms with E-state index >= 15 is 0 Å². The fourth-order valence-electron chi connectivity index (χ4n) is 2.94. The molecular formula is C18H36O5. The van der Waals surface area contributed by atoms with Gasteiger partial charge in [0.2, 0.25) is 0 Å². The standard InChI is InChI=1S/C18H36O5/c1-3-4-5-6-7-8-9-10-11-12-13-22-18-17(21)16(20)15(19)14(2)23-18/h14-21H,3-13H2,1-2H3/t14-,15+,16+,17-,18-/m0/s1. The number of hydrogen-bond donors (Lipinski definition) is 3. The first-order chi connectivity index (χ1) is 11.1. The summed E-state index contributed by atoms with van der Waals surface area (Å²) in [5, 5.41) is 29.1. The van der Waals surface area contributed by atoms with Crippen LogP contribution in [0.3, 0.4) is 0 Å². The molecule has 1 aliphatic rings. The van der Waals surface area contributed by atoms with Gasteiger partial charge in [-0.2, -0.15) is 0 Å². The zero-order valence-electron chi connectivity index (χ0n) is 14.8. The van der Waals surface area contributed by atoms with Crippen molar-refractivity contribution in [3.05, 3.63) is 0 Å². The SMILES string of the molecule is CCCCCCCCCCCCO[C@H]1O[C@@H](C)[C@@H](O)[C@@H](O)[C@@H]1O. The summed E-state index contributed by atoms with van der Waals surface area (Å²) in [4.78, 5) is 0. The summed E-state index contributed by atoms with van der Waals surface area (Å²) in [6, 6.07) is 0. The molecule has 0 aromatic rings. The Kier molecular flexibility index (Phi) is 11.1. The van der Waals surface area contributed by atoms with Gasteiger partial charge in [0.25, 0.3) is 0 Å². The maximum absolute atomic E-state index is 9.83. The first-order valence-corrected chi connectivity index (χ1v) is 9.39. The van der Waals surface area contributed by atoms with Crippen molar-refractivity contribution in [3.8, 4) is 0 Å². The highest BCUT2D eigenvalue weighted by molar-refractivity contribution is 4.87. The van der Waals surface area contributed by atoms with E-state index in [0.29, 0.717) is 6.61 Å². The predicted octanol–water partition coefficient (Wildman–Crippen LogP) is 2.75. The van der Waals surface area contributed by atoms with Gasteiger partial charge in [0.05, 0.1) is 6.10 Å². The van der Waals surface area contributed by atoms with Crippen molar-refractivity contribution in [2.24, 2.45) is 0 Å². The Bertz CT molecular complexity index is 287. The molecule has 0 unspecified atom stereocenters. The monoisotopic (exact) mass is 332 g/mol. The van der Waals surface area contributed by atoms with E-state index in [1.165, 1.54) is 51.4 Å². The minimum absolute atomic E-state index is 0.508. The Morgan fingerprint density at radius 3 is 1.83 bits per heavy atom.